The number of pyridine rings is 1. The highest BCUT2D eigenvalue weighted by molar-refractivity contribution is 5.78. The first-order valence-corrected chi connectivity index (χ1v) is 8.65. The topological polar surface area (TPSA) is 91.6 Å². The second-order valence-electron chi connectivity index (χ2n) is 6.54. The minimum absolute atomic E-state index is 0.0958. The Kier molecular flexibility index (Phi) is 5.17. The third kappa shape index (κ3) is 3.96. The van der Waals surface area contributed by atoms with Gasteiger partial charge >= 0.3 is 6.03 Å². The van der Waals surface area contributed by atoms with Crippen LogP contribution in [0.1, 0.15) is 31.2 Å². The van der Waals surface area contributed by atoms with Gasteiger partial charge in [0.2, 0.25) is 5.91 Å². The number of primary amides is 1. The van der Waals surface area contributed by atoms with E-state index in [0.717, 1.165) is 24.5 Å². The number of aromatic nitrogens is 1. The summed E-state index contributed by atoms with van der Waals surface area (Å²) in [5.41, 5.74) is 6.30. The molecule has 7 nitrogen and oxygen atoms in total. The van der Waals surface area contributed by atoms with Crippen molar-refractivity contribution in [1.29, 1.82) is 0 Å². The summed E-state index contributed by atoms with van der Waals surface area (Å²) in [6.45, 7) is 3.76. The summed E-state index contributed by atoms with van der Waals surface area (Å²) in [6, 6.07) is 3.94. The van der Waals surface area contributed by atoms with Gasteiger partial charge in [-0.3, -0.25) is 4.79 Å². The largest absolute Gasteiger partial charge is 0.369 e. The zero-order valence-corrected chi connectivity index (χ0v) is 13.9. The molecule has 0 saturated carbocycles. The number of rotatable bonds is 4. The van der Waals surface area contributed by atoms with Gasteiger partial charge in [0.15, 0.2) is 0 Å². The van der Waals surface area contributed by atoms with Crippen LogP contribution in [0.3, 0.4) is 0 Å². The smallest absolute Gasteiger partial charge is 0.317 e. The van der Waals surface area contributed by atoms with E-state index in [2.05, 4.69) is 15.2 Å². The molecular formula is C17H25N5O2. The van der Waals surface area contributed by atoms with Crippen molar-refractivity contribution in [2.45, 2.75) is 32.2 Å². The molecule has 0 radical (unpaired) electrons. The number of urea groups is 1. The fraction of sp³-hybridized carbons (Fsp3) is 0.588. The standard InChI is InChI=1S/C17H25N5O2/c18-16(23)14-5-9-22(10-6-14)17(24)20-12-13-3-4-15(19-11-13)21-7-1-2-8-21/h3-4,11,14H,1-2,5-10,12H2,(H2,18,23)(H,20,24). The molecule has 1 aromatic heterocycles. The minimum atomic E-state index is -0.265. The van der Waals surface area contributed by atoms with E-state index >= 15 is 0 Å². The van der Waals surface area contributed by atoms with E-state index in [1.165, 1.54) is 12.8 Å². The molecular weight excluding hydrogens is 306 g/mol. The summed E-state index contributed by atoms with van der Waals surface area (Å²) in [6.07, 6.45) is 5.58. The number of piperidine rings is 1. The second kappa shape index (κ2) is 7.51. The van der Waals surface area contributed by atoms with E-state index in [0.29, 0.717) is 32.5 Å². The Labute approximate surface area is 142 Å². The molecule has 24 heavy (non-hydrogen) atoms. The Bertz CT molecular complexity index is 575. The van der Waals surface area contributed by atoms with E-state index in [4.69, 9.17) is 5.73 Å². The highest BCUT2D eigenvalue weighted by Crippen LogP contribution is 2.18. The van der Waals surface area contributed by atoms with Gasteiger partial charge < -0.3 is 20.9 Å². The van der Waals surface area contributed by atoms with Crippen molar-refractivity contribution in [1.82, 2.24) is 15.2 Å². The van der Waals surface area contributed by atoms with Crippen molar-refractivity contribution < 1.29 is 9.59 Å². The lowest BCUT2D eigenvalue weighted by atomic mass is 9.96. The fourth-order valence-electron chi connectivity index (χ4n) is 3.31. The number of nitrogens with zero attached hydrogens (tertiary/aromatic N) is 3. The minimum Gasteiger partial charge on any atom is -0.369 e. The van der Waals surface area contributed by atoms with Crippen LogP contribution in [-0.4, -0.2) is 48.0 Å². The van der Waals surface area contributed by atoms with Gasteiger partial charge in [-0.25, -0.2) is 9.78 Å². The van der Waals surface area contributed by atoms with Gasteiger partial charge in [-0.1, -0.05) is 6.07 Å². The first-order chi connectivity index (χ1) is 11.6. The highest BCUT2D eigenvalue weighted by atomic mass is 16.2. The second-order valence-corrected chi connectivity index (χ2v) is 6.54. The molecule has 3 amide bonds. The quantitative estimate of drug-likeness (QED) is 0.864. The Morgan fingerprint density at radius 1 is 1.17 bits per heavy atom. The van der Waals surface area contributed by atoms with Crippen LogP contribution in [0.25, 0.3) is 0 Å². The Morgan fingerprint density at radius 2 is 1.88 bits per heavy atom. The zero-order chi connectivity index (χ0) is 16.9. The zero-order valence-electron chi connectivity index (χ0n) is 13.9. The molecule has 1 aromatic rings. The molecule has 0 bridgehead atoms. The lowest BCUT2D eigenvalue weighted by Gasteiger charge is -2.30. The van der Waals surface area contributed by atoms with Crippen LogP contribution < -0.4 is 16.0 Å². The average molecular weight is 331 g/mol. The third-order valence-electron chi connectivity index (χ3n) is 4.87. The van der Waals surface area contributed by atoms with Crippen molar-refractivity contribution in [3.8, 4) is 0 Å². The summed E-state index contributed by atoms with van der Waals surface area (Å²) in [5.74, 6) is 0.645. The maximum Gasteiger partial charge on any atom is 0.317 e. The van der Waals surface area contributed by atoms with Gasteiger partial charge in [0, 0.05) is 44.8 Å². The number of carbonyl (C=O) groups is 2. The molecule has 3 N–H and O–H groups in total. The van der Waals surface area contributed by atoms with Crippen LogP contribution >= 0.6 is 0 Å². The molecule has 0 aliphatic carbocycles. The van der Waals surface area contributed by atoms with E-state index in [9.17, 15) is 9.59 Å². The fourth-order valence-corrected chi connectivity index (χ4v) is 3.31. The molecule has 2 aliphatic heterocycles. The molecule has 3 heterocycles. The summed E-state index contributed by atoms with van der Waals surface area (Å²) in [7, 11) is 0. The van der Waals surface area contributed by atoms with Gasteiger partial charge in [0.1, 0.15) is 5.82 Å². The molecule has 130 valence electrons. The van der Waals surface area contributed by atoms with Crippen molar-refractivity contribution >= 4 is 17.8 Å². The maximum atomic E-state index is 12.2. The summed E-state index contributed by atoms with van der Waals surface area (Å²) >= 11 is 0. The van der Waals surface area contributed by atoms with Crippen molar-refractivity contribution in [2.24, 2.45) is 11.7 Å². The lowest BCUT2D eigenvalue weighted by Crippen LogP contribution is -2.46. The number of likely N-dealkylation sites (tertiary alicyclic amines) is 1. The van der Waals surface area contributed by atoms with E-state index in [1.54, 1.807) is 4.90 Å². The van der Waals surface area contributed by atoms with E-state index in [1.807, 2.05) is 18.3 Å². The number of anilines is 1. The molecule has 0 atom stereocenters. The van der Waals surface area contributed by atoms with Crippen LogP contribution in [-0.2, 0) is 11.3 Å². The molecule has 2 saturated heterocycles. The number of amides is 3. The van der Waals surface area contributed by atoms with Crippen LogP contribution in [0, 0.1) is 5.92 Å². The average Bonchev–Trinajstić information content (AvgIpc) is 3.15. The van der Waals surface area contributed by atoms with Crippen molar-refractivity contribution in [2.75, 3.05) is 31.1 Å². The van der Waals surface area contributed by atoms with Gasteiger partial charge in [0.25, 0.3) is 0 Å². The SMILES string of the molecule is NC(=O)C1CCN(C(=O)NCc2ccc(N3CCCC3)nc2)CC1. The van der Waals surface area contributed by atoms with Gasteiger partial charge in [-0.15, -0.1) is 0 Å². The van der Waals surface area contributed by atoms with Crippen LogP contribution in [0.15, 0.2) is 18.3 Å². The van der Waals surface area contributed by atoms with Gasteiger partial charge in [0.05, 0.1) is 0 Å². The molecule has 7 heteroatoms. The normalized spacial score (nSPS) is 18.7. The molecule has 0 aromatic carbocycles. The highest BCUT2D eigenvalue weighted by Gasteiger charge is 2.25. The Balaban J connectivity index is 1.45. The van der Waals surface area contributed by atoms with E-state index < -0.39 is 0 Å². The first-order valence-electron chi connectivity index (χ1n) is 8.65. The Morgan fingerprint density at radius 3 is 2.46 bits per heavy atom. The summed E-state index contributed by atoms with van der Waals surface area (Å²) < 4.78 is 0. The van der Waals surface area contributed by atoms with Crippen molar-refractivity contribution in [3.63, 3.8) is 0 Å². The third-order valence-corrected chi connectivity index (χ3v) is 4.87. The first kappa shape index (κ1) is 16.5. The monoisotopic (exact) mass is 331 g/mol. The number of hydrogen-bond donors (Lipinski definition) is 2. The van der Waals surface area contributed by atoms with Crippen LogP contribution in [0.5, 0.6) is 0 Å². The Hall–Kier alpha value is -2.31. The summed E-state index contributed by atoms with van der Waals surface area (Å²) in [5, 5.41) is 2.92. The molecule has 0 unspecified atom stereocenters. The van der Waals surface area contributed by atoms with Gasteiger partial charge in [-0.05, 0) is 37.3 Å². The number of hydrogen-bond acceptors (Lipinski definition) is 4. The molecule has 0 spiro atoms. The number of nitrogens with one attached hydrogen (secondary N) is 1. The summed E-state index contributed by atoms with van der Waals surface area (Å²) in [4.78, 5) is 31.9. The van der Waals surface area contributed by atoms with Crippen LogP contribution in [0.4, 0.5) is 10.6 Å². The molecule has 2 fully saturated rings. The predicted molar refractivity (Wildman–Crippen MR) is 91.4 cm³/mol. The van der Waals surface area contributed by atoms with Crippen LogP contribution in [0.2, 0.25) is 0 Å². The van der Waals surface area contributed by atoms with E-state index in [-0.39, 0.29) is 17.9 Å². The maximum absolute atomic E-state index is 12.2. The predicted octanol–water partition coefficient (Wildman–Crippen LogP) is 1.09. The number of nitrogens with two attached hydrogens (primary N) is 1. The van der Waals surface area contributed by atoms with Gasteiger partial charge in [-0.2, -0.15) is 0 Å². The molecule has 3 rings (SSSR count). The molecule has 2 aliphatic rings. The van der Waals surface area contributed by atoms with Crippen molar-refractivity contribution in [3.05, 3.63) is 23.9 Å². The lowest BCUT2D eigenvalue weighted by molar-refractivity contribution is -0.123. The number of carbonyl (C=O) groups excluding carboxylic acids is 2.